The van der Waals surface area contributed by atoms with Gasteiger partial charge in [-0.2, -0.15) is 0 Å². The monoisotopic (exact) mass is 404 g/mol. The van der Waals surface area contributed by atoms with E-state index in [1.54, 1.807) is 0 Å². The van der Waals surface area contributed by atoms with Crippen molar-refractivity contribution < 1.29 is 9.47 Å². The van der Waals surface area contributed by atoms with Crippen LogP contribution in [-0.2, 0) is 15.0 Å². The molecule has 3 aromatic rings. The summed E-state index contributed by atoms with van der Waals surface area (Å²) in [5, 5.41) is 3.82. The molecule has 3 rings (SSSR count). The van der Waals surface area contributed by atoms with Crippen molar-refractivity contribution in [1.29, 1.82) is 0 Å². The van der Waals surface area contributed by atoms with E-state index in [2.05, 4.69) is 97.2 Å². The summed E-state index contributed by atoms with van der Waals surface area (Å²) in [5.74, 6) is 0. The van der Waals surface area contributed by atoms with Gasteiger partial charge in [-0.25, -0.2) is 0 Å². The molecule has 0 saturated heterocycles. The van der Waals surface area contributed by atoms with Crippen molar-refractivity contribution in [3.05, 3.63) is 107 Å². The van der Waals surface area contributed by atoms with Gasteiger partial charge in [0.15, 0.2) is 0 Å². The minimum Gasteiger partial charge on any atom is -0.378 e. The number of benzene rings is 3. The Morgan fingerprint density at radius 2 is 1.17 bits per heavy atom. The Hall–Kier alpha value is -2.50. The Bertz CT molecular complexity index is 812. The van der Waals surface area contributed by atoms with Gasteiger partial charge in [0.1, 0.15) is 0 Å². The van der Waals surface area contributed by atoms with E-state index in [4.69, 9.17) is 15.2 Å². The SMILES string of the molecule is Cc1ccc(C(NCCOCCOCCN)(c2ccccc2)c2ccccc2)cc1. The van der Waals surface area contributed by atoms with Crippen molar-refractivity contribution in [3.8, 4) is 0 Å². The zero-order valence-electron chi connectivity index (χ0n) is 17.7. The van der Waals surface area contributed by atoms with E-state index in [1.165, 1.54) is 22.3 Å². The molecular formula is C26H32N2O2. The fourth-order valence-electron chi connectivity index (χ4n) is 3.70. The Morgan fingerprint density at radius 1 is 0.667 bits per heavy atom. The lowest BCUT2D eigenvalue weighted by molar-refractivity contribution is 0.0507. The summed E-state index contributed by atoms with van der Waals surface area (Å²) in [6.45, 7) is 5.65. The molecule has 158 valence electrons. The van der Waals surface area contributed by atoms with Crippen molar-refractivity contribution in [2.75, 3.05) is 39.5 Å². The van der Waals surface area contributed by atoms with E-state index in [9.17, 15) is 0 Å². The molecule has 0 unspecified atom stereocenters. The highest BCUT2D eigenvalue weighted by atomic mass is 16.5. The van der Waals surface area contributed by atoms with E-state index >= 15 is 0 Å². The average molecular weight is 405 g/mol. The lowest BCUT2D eigenvalue weighted by Gasteiger charge is -2.37. The van der Waals surface area contributed by atoms with Crippen LogP contribution < -0.4 is 11.1 Å². The first-order valence-corrected chi connectivity index (χ1v) is 10.6. The van der Waals surface area contributed by atoms with Gasteiger partial charge in [-0.15, -0.1) is 0 Å². The number of aryl methyl sites for hydroxylation is 1. The lowest BCUT2D eigenvalue weighted by Crippen LogP contribution is -2.46. The van der Waals surface area contributed by atoms with Gasteiger partial charge in [0.05, 0.1) is 32.0 Å². The Morgan fingerprint density at radius 3 is 1.70 bits per heavy atom. The van der Waals surface area contributed by atoms with Gasteiger partial charge >= 0.3 is 0 Å². The Labute approximate surface area is 180 Å². The highest BCUT2D eigenvalue weighted by Crippen LogP contribution is 2.36. The van der Waals surface area contributed by atoms with Crippen LogP contribution in [0.25, 0.3) is 0 Å². The standard InChI is InChI=1S/C26H32N2O2/c1-22-12-14-25(15-13-22)26(23-8-4-2-5-9-23,24-10-6-3-7-11-24)28-17-19-30-21-20-29-18-16-27/h2-15,28H,16-21,27H2,1H3. The lowest BCUT2D eigenvalue weighted by atomic mass is 9.77. The normalized spacial score (nSPS) is 11.5. The zero-order chi connectivity index (χ0) is 21.1. The third-order valence-corrected chi connectivity index (χ3v) is 5.17. The number of hydrogen-bond donors (Lipinski definition) is 2. The van der Waals surface area contributed by atoms with Crippen molar-refractivity contribution in [1.82, 2.24) is 5.32 Å². The first-order chi connectivity index (χ1) is 14.8. The van der Waals surface area contributed by atoms with E-state index in [0.29, 0.717) is 39.5 Å². The van der Waals surface area contributed by atoms with Crippen LogP contribution in [0.2, 0.25) is 0 Å². The molecule has 0 fully saturated rings. The van der Waals surface area contributed by atoms with Crippen LogP contribution in [0.5, 0.6) is 0 Å². The second-order valence-electron chi connectivity index (χ2n) is 7.29. The summed E-state index contributed by atoms with van der Waals surface area (Å²) < 4.78 is 11.2. The number of hydrogen-bond acceptors (Lipinski definition) is 4. The molecule has 0 spiro atoms. The van der Waals surface area contributed by atoms with E-state index in [-0.39, 0.29) is 0 Å². The first kappa shape index (κ1) is 22.2. The van der Waals surface area contributed by atoms with Crippen molar-refractivity contribution >= 4 is 0 Å². The molecule has 0 bridgehead atoms. The molecule has 0 aliphatic heterocycles. The third-order valence-electron chi connectivity index (χ3n) is 5.17. The second-order valence-corrected chi connectivity index (χ2v) is 7.29. The van der Waals surface area contributed by atoms with Crippen LogP contribution in [0.15, 0.2) is 84.9 Å². The minimum absolute atomic E-state index is 0.463. The van der Waals surface area contributed by atoms with Crippen LogP contribution in [0.4, 0.5) is 0 Å². The molecule has 3 aromatic carbocycles. The number of nitrogens with two attached hydrogens (primary N) is 1. The summed E-state index contributed by atoms with van der Waals surface area (Å²) in [5.41, 5.74) is 9.83. The van der Waals surface area contributed by atoms with Gasteiger partial charge in [0.2, 0.25) is 0 Å². The molecule has 0 saturated carbocycles. The second kappa shape index (κ2) is 11.6. The largest absolute Gasteiger partial charge is 0.378 e. The summed E-state index contributed by atoms with van der Waals surface area (Å²) >= 11 is 0. The highest BCUT2D eigenvalue weighted by molar-refractivity contribution is 5.49. The maximum absolute atomic E-state index is 5.77. The van der Waals surface area contributed by atoms with E-state index in [1.807, 2.05) is 0 Å². The van der Waals surface area contributed by atoms with Gasteiger partial charge in [-0.3, -0.25) is 5.32 Å². The predicted octanol–water partition coefficient (Wildman–Crippen LogP) is 3.87. The Kier molecular flexibility index (Phi) is 8.60. The quantitative estimate of drug-likeness (QED) is 0.355. The number of ether oxygens (including phenoxy) is 2. The average Bonchev–Trinajstić information content (AvgIpc) is 2.80. The summed E-state index contributed by atoms with van der Waals surface area (Å²) in [7, 11) is 0. The fraction of sp³-hybridized carbons (Fsp3) is 0.308. The number of rotatable bonds is 12. The summed E-state index contributed by atoms with van der Waals surface area (Å²) in [6.07, 6.45) is 0. The van der Waals surface area contributed by atoms with Crippen molar-refractivity contribution in [3.63, 3.8) is 0 Å². The molecule has 0 aromatic heterocycles. The van der Waals surface area contributed by atoms with Crippen LogP contribution in [-0.4, -0.2) is 39.5 Å². The smallest absolute Gasteiger partial charge is 0.0948 e. The molecular weight excluding hydrogens is 372 g/mol. The Balaban J connectivity index is 1.86. The minimum atomic E-state index is -0.463. The highest BCUT2D eigenvalue weighted by Gasteiger charge is 2.35. The van der Waals surface area contributed by atoms with E-state index in [0.717, 1.165) is 0 Å². The number of nitrogens with one attached hydrogen (secondary N) is 1. The third kappa shape index (κ3) is 5.55. The summed E-state index contributed by atoms with van der Waals surface area (Å²) in [4.78, 5) is 0. The van der Waals surface area contributed by atoms with Crippen LogP contribution in [0.1, 0.15) is 22.3 Å². The predicted molar refractivity (Wildman–Crippen MR) is 123 cm³/mol. The molecule has 3 N–H and O–H groups in total. The topological polar surface area (TPSA) is 56.5 Å². The molecule has 0 aliphatic rings. The molecule has 0 atom stereocenters. The van der Waals surface area contributed by atoms with Gasteiger partial charge in [0, 0.05) is 13.1 Å². The van der Waals surface area contributed by atoms with Crippen LogP contribution in [0, 0.1) is 6.92 Å². The van der Waals surface area contributed by atoms with Gasteiger partial charge in [-0.05, 0) is 23.6 Å². The molecule has 0 heterocycles. The van der Waals surface area contributed by atoms with Gasteiger partial charge in [-0.1, -0.05) is 90.5 Å². The van der Waals surface area contributed by atoms with E-state index < -0.39 is 5.54 Å². The van der Waals surface area contributed by atoms with Gasteiger partial charge in [0.25, 0.3) is 0 Å². The van der Waals surface area contributed by atoms with Crippen molar-refractivity contribution in [2.45, 2.75) is 12.5 Å². The van der Waals surface area contributed by atoms with Crippen molar-refractivity contribution in [2.24, 2.45) is 5.73 Å². The molecule has 0 radical (unpaired) electrons. The maximum atomic E-state index is 5.77. The maximum Gasteiger partial charge on any atom is 0.0948 e. The zero-order valence-corrected chi connectivity index (χ0v) is 17.7. The van der Waals surface area contributed by atoms with Crippen LogP contribution in [0.3, 0.4) is 0 Å². The molecule has 0 amide bonds. The molecule has 30 heavy (non-hydrogen) atoms. The fourth-order valence-corrected chi connectivity index (χ4v) is 3.70. The van der Waals surface area contributed by atoms with Crippen LogP contribution >= 0.6 is 0 Å². The summed E-state index contributed by atoms with van der Waals surface area (Å²) in [6, 6.07) is 30.0. The molecule has 4 nitrogen and oxygen atoms in total. The molecule has 4 heteroatoms. The van der Waals surface area contributed by atoms with Gasteiger partial charge < -0.3 is 15.2 Å². The first-order valence-electron chi connectivity index (χ1n) is 10.6. The molecule has 0 aliphatic carbocycles.